The summed E-state index contributed by atoms with van der Waals surface area (Å²) < 4.78 is 52.9. The fraction of sp³-hybridized carbons (Fsp3) is 0.208. The SMILES string of the molecule is CN(CC(=O)N1N=C(c2cccs2)C[C@H]1c1ccccc1F)C(=O)c1ccc(C(F)(F)F)cc1. The van der Waals surface area contributed by atoms with Gasteiger partial charge in [0.05, 0.1) is 22.2 Å². The summed E-state index contributed by atoms with van der Waals surface area (Å²) in [5, 5.41) is 7.49. The van der Waals surface area contributed by atoms with Crippen molar-refractivity contribution < 1.29 is 27.2 Å². The van der Waals surface area contributed by atoms with Crippen molar-refractivity contribution in [2.24, 2.45) is 5.10 Å². The van der Waals surface area contributed by atoms with Crippen LogP contribution in [-0.4, -0.2) is 41.0 Å². The van der Waals surface area contributed by atoms with Crippen LogP contribution < -0.4 is 0 Å². The van der Waals surface area contributed by atoms with Gasteiger partial charge in [0.15, 0.2) is 0 Å². The minimum atomic E-state index is -4.51. The van der Waals surface area contributed by atoms with E-state index in [2.05, 4.69) is 5.10 Å². The summed E-state index contributed by atoms with van der Waals surface area (Å²) in [5.74, 6) is -1.63. The molecule has 0 saturated heterocycles. The maximum atomic E-state index is 14.5. The topological polar surface area (TPSA) is 53.0 Å². The molecular formula is C24H19F4N3O2S. The monoisotopic (exact) mass is 489 g/mol. The van der Waals surface area contributed by atoms with Crippen LogP contribution in [0.4, 0.5) is 17.6 Å². The predicted molar refractivity (Wildman–Crippen MR) is 120 cm³/mol. The Morgan fingerprint density at radius 1 is 1.09 bits per heavy atom. The Balaban J connectivity index is 1.54. The molecule has 0 fully saturated rings. The minimum absolute atomic E-state index is 0.0122. The average molecular weight is 489 g/mol. The second-order valence-corrected chi connectivity index (χ2v) is 8.69. The lowest BCUT2D eigenvalue weighted by Gasteiger charge is -2.25. The third-order valence-corrected chi connectivity index (χ3v) is 6.33. The number of hydrogen-bond acceptors (Lipinski definition) is 4. The van der Waals surface area contributed by atoms with Gasteiger partial charge in [-0.1, -0.05) is 24.3 Å². The largest absolute Gasteiger partial charge is 0.416 e. The number of hydrogen-bond donors (Lipinski definition) is 0. The Hall–Kier alpha value is -3.53. The number of carbonyl (C=O) groups is 2. The quantitative estimate of drug-likeness (QED) is 0.454. The van der Waals surface area contributed by atoms with Crippen LogP contribution in [0, 0.1) is 5.82 Å². The number of alkyl halides is 3. The normalized spacial score (nSPS) is 15.9. The van der Waals surface area contributed by atoms with Crippen molar-refractivity contribution in [3.8, 4) is 0 Å². The van der Waals surface area contributed by atoms with Crippen LogP contribution in [0.5, 0.6) is 0 Å². The number of nitrogens with zero attached hydrogens (tertiary/aromatic N) is 3. The van der Waals surface area contributed by atoms with E-state index in [-0.39, 0.29) is 12.1 Å². The maximum Gasteiger partial charge on any atom is 0.416 e. The Morgan fingerprint density at radius 2 is 1.79 bits per heavy atom. The van der Waals surface area contributed by atoms with Crippen LogP contribution in [0.15, 0.2) is 71.1 Å². The predicted octanol–water partition coefficient (Wildman–Crippen LogP) is 5.36. The summed E-state index contributed by atoms with van der Waals surface area (Å²) in [4.78, 5) is 27.8. The Kier molecular flexibility index (Phi) is 6.52. The molecule has 0 radical (unpaired) electrons. The molecule has 1 aliphatic rings. The first-order chi connectivity index (χ1) is 16.1. The fourth-order valence-electron chi connectivity index (χ4n) is 3.69. The standard InChI is InChI=1S/C24H19F4N3O2S/c1-30(23(33)15-8-10-16(11-9-15)24(26,27)28)14-22(32)31-20(17-5-2-3-6-18(17)25)13-19(29-31)21-7-4-12-34-21/h2-12,20H,13-14H2,1H3/t20-/m0/s1. The molecule has 0 saturated carbocycles. The van der Waals surface area contributed by atoms with Gasteiger partial charge in [0.25, 0.3) is 11.8 Å². The molecule has 2 amide bonds. The van der Waals surface area contributed by atoms with Crippen LogP contribution in [-0.2, 0) is 11.0 Å². The summed E-state index contributed by atoms with van der Waals surface area (Å²) in [6.07, 6.45) is -4.21. The molecule has 3 aromatic rings. The Labute approximate surface area is 196 Å². The van der Waals surface area contributed by atoms with Crippen molar-refractivity contribution in [3.05, 3.63) is 93.4 Å². The number of amides is 2. The number of carbonyl (C=O) groups excluding carboxylic acids is 2. The van der Waals surface area contributed by atoms with Crippen LogP contribution in [0.2, 0.25) is 0 Å². The van der Waals surface area contributed by atoms with E-state index in [1.165, 1.54) is 29.5 Å². The first kappa shape index (κ1) is 23.6. The molecule has 4 rings (SSSR count). The second-order valence-electron chi connectivity index (χ2n) is 7.74. The van der Waals surface area contributed by atoms with Crippen LogP contribution >= 0.6 is 11.3 Å². The van der Waals surface area contributed by atoms with Gasteiger partial charge < -0.3 is 4.90 Å². The van der Waals surface area contributed by atoms with Crippen molar-refractivity contribution in [2.45, 2.75) is 18.6 Å². The van der Waals surface area contributed by atoms with Gasteiger partial charge in [-0.05, 0) is 41.8 Å². The average Bonchev–Trinajstić information content (AvgIpc) is 3.48. The molecule has 0 N–H and O–H groups in total. The van der Waals surface area contributed by atoms with E-state index in [0.29, 0.717) is 17.7 Å². The van der Waals surface area contributed by atoms with E-state index in [0.717, 1.165) is 34.0 Å². The van der Waals surface area contributed by atoms with Gasteiger partial charge in [0, 0.05) is 24.6 Å². The molecule has 1 aliphatic heterocycles. The molecule has 0 bridgehead atoms. The molecule has 176 valence electrons. The van der Waals surface area contributed by atoms with Crippen LogP contribution in [0.1, 0.15) is 38.8 Å². The number of hydrazone groups is 1. The van der Waals surface area contributed by atoms with E-state index in [4.69, 9.17) is 0 Å². The summed E-state index contributed by atoms with van der Waals surface area (Å²) in [7, 11) is 1.37. The highest BCUT2D eigenvalue weighted by molar-refractivity contribution is 7.12. The Morgan fingerprint density at radius 3 is 2.41 bits per heavy atom. The highest BCUT2D eigenvalue weighted by Crippen LogP contribution is 2.35. The van der Waals surface area contributed by atoms with Crippen LogP contribution in [0.3, 0.4) is 0 Å². The molecule has 1 aromatic heterocycles. The van der Waals surface area contributed by atoms with E-state index < -0.39 is 35.4 Å². The number of halogens is 4. The minimum Gasteiger partial charge on any atom is -0.332 e. The van der Waals surface area contributed by atoms with E-state index in [1.54, 1.807) is 18.2 Å². The number of rotatable bonds is 5. The lowest BCUT2D eigenvalue weighted by atomic mass is 10.0. The van der Waals surface area contributed by atoms with Crippen molar-refractivity contribution in [2.75, 3.05) is 13.6 Å². The zero-order valence-electron chi connectivity index (χ0n) is 17.9. The van der Waals surface area contributed by atoms with E-state index >= 15 is 0 Å². The molecule has 2 aromatic carbocycles. The molecule has 34 heavy (non-hydrogen) atoms. The summed E-state index contributed by atoms with van der Waals surface area (Å²) in [5.41, 5.74) is 0.0809. The van der Waals surface area contributed by atoms with Crippen molar-refractivity contribution in [3.63, 3.8) is 0 Å². The molecule has 0 spiro atoms. The maximum absolute atomic E-state index is 14.5. The summed E-state index contributed by atoms with van der Waals surface area (Å²) >= 11 is 1.45. The third-order valence-electron chi connectivity index (χ3n) is 5.41. The molecular weight excluding hydrogens is 470 g/mol. The van der Waals surface area contributed by atoms with Gasteiger partial charge in [-0.25, -0.2) is 9.40 Å². The number of thiophene rings is 1. The zero-order valence-corrected chi connectivity index (χ0v) is 18.7. The third kappa shape index (κ3) is 4.86. The number of likely N-dealkylation sites (N-methyl/N-ethyl adjacent to an activating group) is 1. The molecule has 0 unspecified atom stereocenters. The lowest BCUT2D eigenvalue weighted by Crippen LogP contribution is -2.39. The fourth-order valence-corrected chi connectivity index (χ4v) is 4.41. The molecule has 1 atom stereocenters. The first-order valence-corrected chi connectivity index (χ1v) is 11.1. The van der Waals surface area contributed by atoms with Crippen LogP contribution in [0.25, 0.3) is 0 Å². The van der Waals surface area contributed by atoms with E-state index in [9.17, 15) is 27.2 Å². The summed E-state index contributed by atoms with van der Waals surface area (Å²) in [6, 6.07) is 12.9. The zero-order chi connectivity index (χ0) is 24.5. The smallest absolute Gasteiger partial charge is 0.332 e. The van der Waals surface area contributed by atoms with E-state index in [1.807, 2.05) is 17.5 Å². The van der Waals surface area contributed by atoms with Crippen molar-refractivity contribution >= 4 is 28.9 Å². The van der Waals surface area contributed by atoms with Crippen molar-refractivity contribution in [1.82, 2.24) is 9.91 Å². The Bertz CT molecular complexity index is 1220. The number of benzene rings is 2. The highest BCUT2D eigenvalue weighted by atomic mass is 32.1. The molecule has 0 aliphatic carbocycles. The highest BCUT2D eigenvalue weighted by Gasteiger charge is 2.36. The molecule has 5 nitrogen and oxygen atoms in total. The second kappa shape index (κ2) is 9.38. The van der Waals surface area contributed by atoms with Gasteiger partial charge in [0.1, 0.15) is 12.4 Å². The van der Waals surface area contributed by atoms with Gasteiger partial charge >= 0.3 is 6.18 Å². The molecule has 10 heteroatoms. The lowest BCUT2D eigenvalue weighted by molar-refractivity contribution is -0.137. The first-order valence-electron chi connectivity index (χ1n) is 10.3. The van der Waals surface area contributed by atoms with Gasteiger partial charge in [-0.2, -0.15) is 18.3 Å². The molecule has 2 heterocycles. The van der Waals surface area contributed by atoms with Gasteiger partial charge in [-0.3, -0.25) is 9.59 Å². The van der Waals surface area contributed by atoms with Gasteiger partial charge in [-0.15, -0.1) is 11.3 Å². The van der Waals surface area contributed by atoms with Crippen molar-refractivity contribution in [1.29, 1.82) is 0 Å². The summed E-state index contributed by atoms with van der Waals surface area (Å²) in [6.45, 7) is -0.383. The van der Waals surface area contributed by atoms with Gasteiger partial charge in [0.2, 0.25) is 0 Å².